The topological polar surface area (TPSA) is 41.6 Å². The van der Waals surface area contributed by atoms with Crippen LogP contribution in [0.3, 0.4) is 0 Å². The van der Waals surface area contributed by atoms with Crippen molar-refractivity contribution < 1.29 is 9.53 Å². The molecule has 1 N–H and O–H groups in total. The number of carbonyl (C=O) groups excluding carboxylic acids is 1. The first-order valence-corrected chi connectivity index (χ1v) is 5.73. The summed E-state index contributed by atoms with van der Waals surface area (Å²) in [6.45, 7) is 6.88. The number of hydrogen-bond donors (Lipinski definition) is 1. The van der Waals surface area contributed by atoms with Gasteiger partial charge in [0.05, 0.1) is 12.1 Å². The molecule has 1 fully saturated rings. The molecule has 1 aliphatic rings. The number of methoxy groups -OCH3 is 1. The van der Waals surface area contributed by atoms with Gasteiger partial charge in [-0.1, -0.05) is 13.8 Å². The Balaban J connectivity index is 2.46. The van der Waals surface area contributed by atoms with E-state index in [1.54, 1.807) is 26.1 Å². The fraction of sp³-hybridized carbons (Fsp3) is 0.917. The fourth-order valence-corrected chi connectivity index (χ4v) is 2.19. The summed E-state index contributed by atoms with van der Waals surface area (Å²) in [6.07, 6.45) is 0.956. The molecular weight excluding hydrogens is 204 g/mol. The molecule has 16 heavy (non-hydrogen) atoms. The van der Waals surface area contributed by atoms with Crippen LogP contribution >= 0.6 is 0 Å². The smallest absolute Gasteiger partial charge is 0.236 e. The third-order valence-corrected chi connectivity index (χ3v) is 4.28. The van der Waals surface area contributed by atoms with Gasteiger partial charge < -0.3 is 15.0 Å². The lowest BCUT2D eigenvalue weighted by molar-refractivity contribution is -0.181. The lowest BCUT2D eigenvalue weighted by Crippen LogP contribution is -2.68. The van der Waals surface area contributed by atoms with Gasteiger partial charge >= 0.3 is 0 Å². The van der Waals surface area contributed by atoms with Gasteiger partial charge in [0, 0.05) is 32.7 Å². The van der Waals surface area contributed by atoms with Crippen molar-refractivity contribution in [2.24, 2.45) is 5.41 Å². The van der Waals surface area contributed by atoms with E-state index in [0.717, 1.165) is 6.42 Å². The molecule has 1 aliphatic carbocycles. The van der Waals surface area contributed by atoms with Crippen molar-refractivity contribution in [3.05, 3.63) is 0 Å². The molecular formula is C12H24N2O2. The summed E-state index contributed by atoms with van der Waals surface area (Å²) in [6, 6.07) is 0.348. The number of carbonyl (C=O) groups is 1. The summed E-state index contributed by atoms with van der Waals surface area (Å²) in [5, 5.41) is 3.31. The molecule has 0 saturated heterocycles. The molecule has 0 spiro atoms. The van der Waals surface area contributed by atoms with Crippen molar-refractivity contribution >= 4 is 5.91 Å². The predicted molar refractivity (Wildman–Crippen MR) is 64.3 cm³/mol. The maximum atomic E-state index is 11.5. The third-order valence-electron chi connectivity index (χ3n) is 4.28. The van der Waals surface area contributed by atoms with Gasteiger partial charge in [-0.05, 0) is 13.3 Å². The van der Waals surface area contributed by atoms with Crippen molar-refractivity contribution in [2.75, 3.05) is 27.7 Å². The fourth-order valence-electron chi connectivity index (χ4n) is 2.19. The molecule has 0 aromatic carbocycles. The molecule has 0 aromatic rings. The van der Waals surface area contributed by atoms with Crippen LogP contribution in [0.25, 0.3) is 0 Å². The van der Waals surface area contributed by atoms with Crippen LogP contribution in [0.15, 0.2) is 0 Å². The number of nitrogens with one attached hydrogen (secondary N) is 1. The van der Waals surface area contributed by atoms with Gasteiger partial charge in [0.25, 0.3) is 0 Å². The Morgan fingerprint density at radius 1 is 1.44 bits per heavy atom. The van der Waals surface area contributed by atoms with Crippen LogP contribution in [-0.4, -0.2) is 50.2 Å². The molecule has 2 atom stereocenters. The summed E-state index contributed by atoms with van der Waals surface area (Å²) < 4.78 is 5.54. The standard InChI is InChI=1S/C12H24N2O2/c1-11(2)9(7-12(11,3)16-6)13-8-10(15)14(4)5/h9,13H,7-8H2,1-6H3. The van der Waals surface area contributed by atoms with Gasteiger partial charge in [0.2, 0.25) is 5.91 Å². The first-order valence-electron chi connectivity index (χ1n) is 5.73. The van der Waals surface area contributed by atoms with Gasteiger partial charge in [0.1, 0.15) is 0 Å². The van der Waals surface area contributed by atoms with E-state index in [4.69, 9.17) is 4.74 Å². The van der Waals surface area contributed by atoms with Crippen LogP contribution in [0.2, 0.25) is 0 Å². The Bertz CT molecular complexity index is 276. The second kappa shape index (κ2) is 4.34. The number of amides is 1. The van der Waals surface area contributed by atoms with E-state index in [9.17, 15) is 4.79 Å². The highest BCUT2D eigenvalue weighted by Gasteiger charge is 2.57. The van der Waals surface area contributed by atoms with Crippen LogP contribution < -0.4 is 5.32 Å². The molecule has 0 bridgehead atoms. The summed E-state index contributed by atoms with van der Waals surface area (Å²) in [5.41, 5.74) is -0.0137. The quantitative estimate of drug-likeness (QED) is 0.776. The van der Waals surface area contributed by atoms with Gasteiger partial charge in [-0.25, -0.2) is 0 Å². The molecule has 4 nitrogen and oxygen atoms in total. The molecule has 4 heteroatoms. The van der Waals surface area contributed by atoms with Crippen molar-refractivity contribution in [1.29, 1.82) is 0 Å². The van der Waals surface area contributed by atoms with Crippen molar-refractivity contribution in [3.8, 4) is 0 Å². The minimum atomic E-state index is -0.0775. The van der Waals surface area contributed by atoms with E-state index < -0.39 is 0 Å². The lowest BCUT2D eigenvalue weighted by atomic mass is 9.56. The number of nitrogens with zero attached hydrogens (tertiary/aromatic N) is 1. The third kappa shape index (κ3) is 2.09. The van der Waals surface area contributed by atoms with Crippen LogP contribution in [0.5, 0.6) is 0 Å². The van der Waals surface area contributed by atoms with Crippen LogP contribution in [0.1, 0.15) is 27.2 Å². The SMILES string of the molecule is COC1(C)CC(NCC(=O)N(C)C)C1(C)C. The minimum Gasteiger partial charge on any atom is -0.378 e. The summed E-state index contributed by atoms with van der Waals surface area (Å²) in [5.74, 6) is 0.113. The highest BCUT2D eigenvalue weighted by Crippen LogP contribution is 2.51. The van der Waals surface area contributed by atoms with Crippen LogP contribution in [0, 0.1) is 5.41 Å². The van der Waals surface area contributed by atoms with Crippen LogP contribution in [-0.2, 0) is 9.53 Å². The molecule has 0 aromatic heterocycles. The zero-order chi connectivity index (χ0) is 12.6. The molecule has 1 saturated carbocycles. The zero-order valence-corrected chi connectivity index (χ0v) is 11.3. The molecule has 0 radical (unpaired) electrons. The molecule has 94 valence electrons. The maximum Gasteiger partial charge on any atom is 0.236 e. The molecule has 1 rings (SSSR count). The van der Waals surface area contributed by atoms with E-state index in [-0.39, 0.29) is 16.9 Å². The Labute approximate surface area is 98.3 Å². The first-order chi connectivity index (χ1) is 7.24. The number of ether oxygens (including phenoxy) is 1. The Morgan fingerprint density at radius 3 is 2.38 bits per heavy atom. The van der Waals surface area contributed by atoms with E-state index in [2.05, 4.69) is 26.1 Å². The molecule has 0 heterocycles. The lowest BCUT2D eigenvalue weighted by Gasteiger charge is -2.59. The zero-order valence-electron chi connectivity index (χ0n) is 11.3. The van der Waals surface area contributed by atoms with E-state index in [1.165, 1.54) is 0 Å². The highest BCUT2D eigenvalue weighted by molar-refractivity contribution is 5.77. The molecule has 1 amide bonds. The van der Waals surface area contributed by atoms with Gasteiger partial charge in [-0.3, -0.25) is 4.79 Å². The Morgan fingerprint density at radius 2 is 2.00 bits per heavy atom. The average Bonchev–Trinajstić information content (AvgIpc) is 2.22. The van der Waals surface area contributed by atoms with E-state index in [0.29, 0.717) is 12.6 Å². The number of hydrogen-bond acceptors (Lipinski definition) is 3. The first kappa shape index (κ1) is 13.5. The molecule has 0 aliphatic heterocycles. The summed E-state index contributed by atoms with van der Waals surface area (Å²) in [4.78, 5) is 13.1. The van der Waals surface area contributed by atoms with E-state index in [1.807, 2.05) is 0 Å². The predicted octanol–water partition coefficient (Wildman–Crippen LogP) is 0.868. The van der Waals surface area contributed by atoms with E-state index >= 15 is 0 Å². The monoisotopic (exact) mass is 228 g/mol. The minimum absolute atomic E-state index is 0.0638. The average molecular weight is 228 g/mol. The second-order valence-electron chi connectivity index (χ2n) is 5.58. The highest BCUT2D eigenvalue weighted by atomic mass is 16.5. The largest absolute Gasteiger partial charge is 0.378 e. The maximum absolute atomic E-state index is 11.5. The Kier molecular flexibility index (Phi) is 3.65. The van der Waals surface area contributed by atoms with Crippen LogP contribution in [0.4, 0.5) is 0 Å². The second-order valence-corrected chi connectivity index (χ2v) is 5.58. The van der Waals surface area contributed by atoms with Gasteiger partial charge in [-0.15, -0.1) is 0 Å². The van der Waals surface area contributed by atoms with Crippen molar-refractivity contribution in [2.45, 2.75) is 38.8 Å². The summed E-state index contributed by atoms with van der Waals surface area (Å²) in [7, 11) is 5.30. The Hall–Kier alpha value is -0.610. The summed E-state index contributed by atoms with van der Waals surface area (Å²) >= 11 is 0. The van der Waals surface area contributed by atoms with Crippen molar-refractivity contribution in [1.82, 2.24) is 10.2 Å². The van der Waals surface area contributed by atoms with Gasteiger partial charge in [-0.2, -0.15) is 0 Å². The number of rotatable bonds is 4. The van der Waals surface area contributed by atoms with Crippen molar-refractivity contribution in [3.63, 3.8) is 0 Å². The molecule has 2 unspecified atom stereocenters. The normalized spacial score (nSPS) is 32.0. The number of likely N-dealkylation sites (N-methyl/N-ethyl adjacent to an activating group) is 1. The van der Waals surface area contributed by atoms with Gasteiger partial charge in [0.15, 0.2) is 0 Å².